The highest BCUT2D eigenvalue weighted by Crippen LogP contribution is 2.36. The first-order valence-corrected chi connectivity index (χ1v) is 10.4. The van der Waals surface area contributed by atoms with E-state index in [0.29, 0.717) is 17.0 Å². The minimum absolute atomic E-state index is 0.00994. The third kappa shape index (κ3) is 6.73. The highest BCUT2D eigenvalue weighted by molar-refractivity contribution is 5.99. The molecule has 1 unspecified atom stereocenters. The Kier molecular flexibility index (Phi) is 7.65. The van der Waals surface area contributed by atoms with Gasteiger partial charge in [-0.1, -0.05) is 12.1 Å². The quantitative estimate of drug-likeness (QED) is 0.223. The number of aliphatic hydroxyl groups is 3. The molecule has 0 fully saturated rings. The van der Waals surface area contributed by atoms with Crippen LogP contribution in [0.1, 0.15) is 36.1 Å². The van der Waals surface area contributed by atoms with E-state index in [0.717, 1.165) is 0 Å². The Morgan fingerprint density at radius 1 is 1.20 bits per heavy atom. The first-order chi connectivity index (χ1) is 16.5. The molecule has 3 amide bonds. The van der Waals surface area contributed by atoms with E-state index in [-0.39, 0.29) is 17.5 Å². The van der Waals surface area contributed by atoms with Crippen molar-refractivity contribution < 1.29 is 29.6 Å². The molecule has 15 nitrogen and oxygen atoms in total. The summed E-state index contributed by atoms with van der Waals surface area (Å²) in [6, 6.07) is 5.82. The normalized spacial score (nSPS) is 15.2. The molecule has 1 atom stereocenters. The molecule has 15 heteroatoms. The van der Waals surface area contributed by atoms with Gasteiger partial charge in [-0.15, -0.1) is 10.2 Å². The van der Waals surface area contributed by atoms with E-state index in [4.69, 9.17) is 20.1 Å². The molecule has 0 radical (unpaired) electrons. The lowest BCUT2D eigenvalue weighted by atomic mass is 10.1. The molecule has 1 aromatic carbocycles. The van der Waals surface area contributed by atoms with Gasteiger partial charge in [0.1, 0.15) is 18.3 Å². The number of amides is 3. The number of hydrogen-bond donors (Lipinski definition) is 8. The number of nitrogens with zero attached hydrogens (tertiary/aromatic N) is 4. The standard InChI is InChI=1S/C20H27N9O6/c1-10(2)22-19(31)24-14-8-13(15(27-26-14)18(30)25-20(32,33)34)23-12-7-5-6-11(16(12)35-4)17-21-9-29(3)28-17/h5-10,17,28,32-34H,1-4H3,(H,25,30)(H3,22,23,24,26,31). The zero-order chi connectivity index (χ0) is 25.8. The number of methoxy groups -OCH3 is 1. The molecule has 0 aliphatic carbocycles. The average molecular weight is 489 g/mol. The predicted molar refractivity (Wildman–Crippen MR) is 125 cm³/mol. The number of urea groups is 1. The van der Waals surface area contributed by atoms with Gasteiger partial charge in [0.2, 0.25) is 0 Å². The number of rotatable bonds is 8. The fourth-order valence-corrected chi connectivity index (χ4v) is 3.16. The summed E-state index contributed by atoms with van der Waals surface area (Å²) < 4.78 is 5.58. The number of anilines is 3. The molecule has 2 aromatic rings. The number of benzene rings is 1. The number of carbonyl (C=O) groups excluding carboxylic acids is 2. The van der Waals surface area contributed by atoms with Gasteiger partial charge in [0.05, 0.1) is 18.5 Å². The summed E-state index contributed by atoms with van der Waals surface area (Å²) in [4.78, 5) is 29.0. The zero-order valence-electron chi connectivity index (χ0n) is 19.4. The molecule has 1 aromatic heterocycles. The van der Waals surface area contributed by atoms with Crippen molar-refractivity contribution in [2.75, 3.05) is 24.8 Å². The highest BCUT2D eigenvalue weighted by atomic mass is 16.7. The number of para-hydroxylation sites is 1. The van der Waals surface area contributed by atoms with Crippen LogP contribution < -0.4 is 31.4 Å². The Labute approximate surface area is 200 Å². The third-order valence-corrected chi connectivity index (χ3v) is 4.48. The lowest BCUT2D eigenvalue weighted by Crippen LogP contribution is -2.48. The summed E-state index contributed by atoms with van der Waals surface area (Å²) in [5.41, 5.74) is 3.80. The number of aliphatic imine (C=N–C) groups is 1. The molecule has 0 saturated heterocycles. The molecule has 2 heterocycles. The molecule has 1 aliphatic heterocycles. The monoisotopic (exact) mass is 489 g/mol. The van der Waals surface area contributed by atoms with Crippen molar-refractivity contribution in [3.63, 3.8) is 0 Å². The predicted octanol–water partition coefficient (Wildman–Crippen LogP) is -0.446. The van der Waals surface area contributed by atoms with E-state index in [1.54, 1.807) is 55.8 Å². The van der Waals surface area contributed by atoms with Crippen LogP contribution in [0.5, 0.6) is 5.75 Å². The third-order valence-electron chi connectivity index (χ3n) is 4.48. The van der Waals surface area contributed by atoms with Gasteiger partial charge in [-0.2, -0.15) is 0 Å². The molecule has 8 N–H and O–H groups in total. The van der Waals surface area contributed by atoms with Gasteiger partial charge in [0.15, 0.2) is 11.5 Å². The van der Waals surface area contributed by atoms with Crippen LogP contribution in [0, 0.1) is 0 Å². The molecule has 0 saturated carbocycles. The number of carbonyl (C=O) groups is 2. The molecular formula is C20H27N9O6. The second kappa shape index (κ2) is 10.5. The van der Waals surface area contributed by atoms with Crippen LogP contribution in [-0.4, -0.2) is 75.1 Å². The van der Waals surface area contributed by atoms with Gasteiger partial charge in [0, 0.05) is 24.7 Å². The first-order valence-electron chi connectivity index (χ1n) is 10.4. The summed E-state index contributed by atoms with van der Waals surface area (Å²) in [5.74, 6) is -0.776. The molecule has 0 bridgehead atoms. The molecule has 3 rings (SSSR count). The van der Waals surface area contributed by atoms with Crippen molar-refractivity contribution in [3.8, 4) is 5.75 Å². The minimum Gasteiger partial charge on any atom is -0.494 e. The Bertz CT molecular complexity index is 1120. The van der Waals surface area contributed by atoms with Crippen LogP contribution in [0.15, 0.2) is 29.3 Å². The maximum atomic E-state index is 12.5. The number of nitrogens with one attached hydrogen (secondary N) is 5. The lowest BCUT2D eigenvalue weighted by Gasteiger charge is -2.20. The van der Waals surface area contributed by atoms with Gasteiger partial charge in [-0.3, -0.25) is 20.4 Å². The highest BCUT2D eigenvalue weighted by Gasteiger charge is 2.27. The van der Waals surface area contributed by atoms with E-state index >= 15 is 0 Å². The number of ether oxygens (including phenoxy) is 1. The van der Waals surface area contributed by atoms with Gasteiger partial charge >= 0.3 is 12.1 Å². The van der Waals surface area contributed by atoms with Gasteiger partial charge in [0.25, 0.3) is 5.91 Å². The molecule has 188 valence electrons. The van der Waals surface area contributed by atoms with E-state index in [1.165, 1.54) is 13.2 Å². The van der Waals surface area contributed by atoms with Gasteiger partial charge in [-0.05, 0) is 19.9 Å². The molecular weight excluding hydrogens is 462 g/mol. The Morgan fingerprint density at radius 2 is 1.94 bits per heavy atom. The van der Waals surface area contributed by atoms with E-state index < -0.39 is 29.9 Å². The smallest absolute Gasteiger partial charge is 0.369 e. The van der Waals surface area contributed by atoms with Crippen LogP contribution in [0.3, 0.4) is 0 Å². The van der Waals surface area contributed by atoms with E-state index in [9.17, 15) is 9.59 Å². The SMILES string of the molecule is COc1c(Nc2cc(NC(=O)NC(C)C)nnc2C(=O)NC(O)(O)O)cccc1C1N=CN(C)N1. The van der Waals surface area contributed by atoms with Crippen LogP contribution in [0.4, 0.5) is 22.0 Å². The maximum Gasteiger partial charge on any atom is 0.369 e. The minimum atomic E-state index is -3.49. The lowest BCUT2D eigenvalue weighted by molar-refractivity contribution is -0.323. The van der Waals surface area contributed by atoms with Gasteiger partial charge < -0.3 is 30.7 Å². The van der Waals surface area contributed by atoms with Crippen molar-refractivity contribution in [3.05, 3.63) is 35.5 Å². The van der Waals surface area contributed by atoms with Crippen molar-refractivity contribution in [2.24, 2.45) is 4.99 Å². The zero-order valence-corrected chi connectivity index (χ0v) is 19.4. The van der Waals surface area contributed by atoms with Crippen molar-refractivity contribution in [2.45, 2.75) is 32.2 Å². The summed E-state index contributed by atoms with van der Waals surface area (Å²) in [5, 5.41) is 46.4. The second-order valence-electron chi connectivity index (χ2n) is 7.79. The maximum absolute atomic E-state index is 12.5. The van der Waals surface area contributed by atoms with Crippen LogP contribution >= 0.6 is 0 Å². The van der Waals surface area contributed by atoms with Crippen molar-refractivity contribution in [1.82, 2.24) is 31.3 Å². The average Bonchev–Trinajstić information content (AvgIpc) is 3.18. The Morgan fingerprint density at radius 3 is 2.54 bits per heavy atom. The fraction of sp³-hybridized carbons (Fsp3) is 0.350. The number of aromatic nitrogens is 2. The summed E-state index contributed by atoms with van der Waals surface area (Å²) in [6.07, 6.45) is -2.30. The van der Waals surface area contributed by atoms with Crippen LogP contribution in [0.2, 0.25) is 0 Å². The van der Waals surface area contributed by atoms with Gasteiger partial charge in [-0.25, -0.2) is 15.2 Å². The van der Waals surface area contributed by atoms with E-state index in [2.05, 4.69) is 36.6 Å². The van der Waals surface area contributed by atoms with Crippen molar-refractivity contribution >= 4 is 35.5 Å². The Hall–Kier alpha value is -4.05. The largest absolute Gasteiger partial charge is 0.494 e. The summed E-state index contributed by atoms with van der Waals surface area (Å²) in [7, 11) is 3.25. The molecule has 1 aliphatic rings. The summed E-state index contributed by atoms with van der Waals surface area (Å²) in [6.45, 7) is 3.55. The summed E-state index contributed by atoms with van der Waals surface area (Å²) >= 11 is 0. The Balaban J connectivity index is 1.99. The first kappa shape index (κ1) is 25.6. The fourth-order valence-electron chi connectivity index (χ4n) is 3.16. The molecule has 0 spiro atoms. The number of hydrazine groups is 1. The second-order valence-corrected chi connectivity index (χ2v) is 7.79. The van der Waals surface area contributed by atoms with Crippen LogP contribution in [0.25, 0.3) is 0 Å². The van der Waals surface area contributed by atoms with E-state index in [1.807, 2.05) is 0 Å². The van der Waals surface area contributed by atoms with Crippen molar-refractivity contribution in [1.29, 1.82) is 0 Å². The van der Waals surface area contributed by atoms with Crippen LogP contribution in [-0.2, 0) is 0 Å². The topological polar surface area (TPSA) is 206 Å². The number of hydrogen-bond acceptors (Lipinski definition) is 12. The molecule has 35 heavy (non-hydrogen) atoms.